The molecule has 0 aliphatic carbocycles. The molecule has 2 rings (SSSR count). The molecule has 0 aliphatic rings. The highest BCUT2D eigenvalue weighted by molar-refractivity contribution is 6.30. The summed E-state index contributed by atoms with van der Waals surface area (Å²) in [6, 6.07) is 4.48. The Hall–Kier alpha value is -2.15. The number of nitrogens with one attached hydrogen (secondary N) is 1. The molecule has 0 unspecified atom stereocenters. The highest BCUT2D eigenvalue weighted by Crippen LogP contribution is 2.36. The van der Waals surface area contributed by atoms with Crippen molar-refractivity contribution in [2.45, 2.75) is 13.1 Å². The van der Waals surface area contributed by atoms with E-state index in [0.29, 0.717) is 5.69 Å². The minimum Gasteiger partial charge on any atom is -0.320 e. The highest BCUT2D eigenvalue weighted by atomic mass is 35.5. The molecule has 0 radical (unpaired) electrons. The van der Waals surface area contributed by atoms with Gasteiger partial charge in [0, 0.05) is 10.7 Å². The van der Waals surface area contributed by atoms with Gasteiger partial charge in [0.1, 0.15) is 12.0 Å². The van der Waals surface area contributed by atoms with Crippen LogP contribution in [-0.2, 0) is 6.18 Å². The maximum Gasteiger partial charge on any atom is 0.418 e. The average molecular weight is 316 g/mol. The predicted molar refractivity (Wildman–Crippen MR) is 71.2 cm³/mol. The summed E-state index contributed by atoms with van der Waals surface area (Å²) in [5, 5.41) is 2.11. The van der Waals surface area contributed by atoms with Crippen LogP contribution in [0.1, 0.15) is 21.7 Å². The van der Waals surface area contributed by atoms with Gasteiger partial charge in [0.05, 0.1) is 11.3 Å². The molecule has 4 nitrogen and oxygen atoms in total. The van der Waals surface area contributed by atoms with Crippen LogP contribution in [0.15, 0.2) is 30.6 Å². The molecule has 0 atom stereocenters. The highest BCUT2D eigenvalue weighted by Gasteiger charge is 2.34. The first-order chi connectivity index (χ1) is 9.77. The number of hydrogen-bond donors (Lipinski definition) is 1. The van der Waals surface area contributed by atoms with E-state index in [0.717, 1.165) is 18.5 Å². The zero-order valence-corrected chi connectivity index (χ0v) is 11.5. The van der Waals surface area contributed by atoms with Gasteiger partial charge < -0.3 is 5.32 Å². The third-order valence-corrected chi connectivity index (χ3v) is 2.81. The van der Waals surface area contributed by atoms with E-state index < -0.39 is 17.6 Å². The summed E-state index contributed by atoms with van der Waals surface area (Å²) >= 11 is 5.56. The van der Waals surface area contributed by atoms with Crippen LogP contribution in [0, 0.1) is 6.92 Å². The zero-order valence-electron chi connectivity index (χ0n) is 10.7. The third kappa shape index (κ3) is 3.69. The molecule has 1 N–H and O–H groups in total. The smallest absolute Gasteiger partial charge is 0.320 e. The lowest BCUT2D eigenvalue weighted by molar-refractivity contribution is -0.136. The molecule has 1 aromatic heterocycles. The van der Waals surface area contributed by atoms with Crippen molar-refractivity contribution in [3.63, 3.8) is 0 Å². The van der Waals surface area contributed by atoms with Gasteiger partial charge in [0.2, 0.25) is 0 Å². The van der Waals surface area contributed by atoms with Crippen molar-refractivity contribution in [2.24, 2.45) is 0 Å². The van der Waals surface area contributed by atoms with E-state index in [1.165, 1.54) is 12.1 Å². The van der Waals surface area contributed by atoms with Gasteiger partial charge in [0.15, 0.2) is 0 Å². The number of halogens is 4. The number of alkyl halides is 3. The van der Waals surface area contributed by atoms with Crippen molar-refractivity contribution in [3.8, 4) is 0 Å². The SMILES string of the molecule is Cc1cc(C(=O)Nc2ccc(Cl)cc2C(F)(F)F)ncn1. The number of carbonyl (C=O) groups is 1. The third-order valence-electron chi connectivity index (χ3n) is 2.57. The van der Waals surface area contributed by atoms with Crippen LogP contribution < -0.4 is 5.32 Å². The Balaban J connectivity index is 2.34. The Morgan fingerprint density at radius 1 is 1.24 bits per heavy atom. The van der Waals surface area contributed by atoms with Gasteiger partial charge in [0.25, 0.3) is 5.91 Å². The first-order valence-electron chi connectivity index (χ1n) is 5.74. The van der Waals surface area contributed by atoms with Crippen LogP contribution in [0.4, 0.5) is 18.9 Å². The Kier molecular flexibility index (Phi) is 4.13. The molecule has 0 bridgehead atoms. The standard InChI is InChI=1S/C13H9ClF3N3O/c1-7-4-11(19-6-18-7)12(21)20-10-3-2-8(14)5-9(10)13(15,16)17/h2-6H,1H3,(H,20,21). The van der Waals surface area contributed by atoms with Gasteiger partial charge in [-0.1, -0.05) is 11.6 Å². The molecular weight excluding hydrogens is 307 g/mol. The maximum atomic E-state index is 12.9. The van der Waals surface area contributed by atoms with Gasteiger partial charge in [-0.15, -0.1) is 0 Å². The van der Waals surface area contributed by atoms with Gasteiger partial charge in [-0.3, -0.25) is 4.79 Å². The fraction of sp³-hybridized carbons (Fsp3) is 0.154. The second kappa shape index (κ2) is 5.69. The Morgan fingerprint density at radius 2 is 1.95 bits per heavy atom. The van der Waals surface area contributed by atoms with E-state index in [1.54, 1.807) is 6.92 Å². The molecule has 21 heavy (non-hydrogen) atoms. The lowest BCUT2D eigenvalue weighted by Crippen LogP contribution is -2.18. The molecule has 0 saturated carbocycles. The second-order valence-electron chi connectivity index (χ2n) is 4.19. The Bertz CT molecular complexity index is 689. The average Bonchev–Trinajstić information content (AvgIpc) is 2.39. The quantitative estimate of drug-likeness (QED) is 0.919. The van der Waals surface area contributed by atoms with Crippen molar-refractivity contribution in [2.75, 3.05) is 5.32 Å². The molecular formula is C13H9ClF3N3O. The number of benzene rings is 1. The predicted octanol–water partition coefficient (Wildman–Crippen LogP) is 3.71. The normalized spacial score (nSPS) is 11.3. The fourth-order valence-electron chi connectivity index (χ4n) is 1.63. The summed E-state index contributed by atoms with van der Waals surface area (Å²) in [4.78, 5) is 19.5. The molecule has 0 saturated heterocycles. The van der Waals surface area contributed by atoms with E-state index >= 15 is 0 Å². The lowest BCUT2D eigenvalue weighted by Gasteiger charge is -2.14. The molecule has 0 spiro atoms. The summed E-state index contributed by atoms with van der Waals surface area (Å²) in [6.07, 6.45) is -3.47. The summed E-state index contributed by atoms with van der Waals surface area (Å²) in [5.74, 6) is -0.756. The molecule has 0 fully saturated rings. The van der Waals surface area contributed by atoms with Crippen LogP contribution in [0.3, 0.4) is 0 Å². The van der Waals surface area contributed by atoms with Crippen molar-refractivity contribution >= 4 is 23.2 Å². The van der Waals surface area contributed by atoms with Crippen LogP contribution in [0.5, 0.6) is 0 Å². The molecule has 1 aromatic carbocycles. The fourth-order valence-corrected chi connectivity index (χ4v) is 1.80. The zero-order chi connectivity index (χ0) is 15.6. The first-order valence-corrected chi connectivity index (χ1v) is 6.12. The topological polar surface area (TPSA) is 54.9 Å². The van der Waals surface area contributed by atoms with Crippen LogP contribution >= 0.6 is 11.6 Å². The van der Waals surface area contributed by atoms with Crippen molar-refractivity contribution in [3.05, 3.63) is 52.6 Å². The van der Waals surface area contributed by atoms with Crippen LogP contribution in [0.25, 0.3) is 0 Å². The van der Waals surface area contributed by atoms with Crippen molar-refractivity contribution in [1.82, 2.24) is 9.97 Å². The number of carbonyl (C=O) groups excluding carboxylic acids is 1. The van der Waals surface area contributed by atoms with Gasteiger partial charge >= 0.3 is 6.18 Å². The maximum absolute atomic E-state index is 12.9. The van der Waals surface area contributed by atoms with Crippen LogP contribution in [0.2, 0.25) is 5.02 Å². The first kappa shape index (κ1) is 15.2. The summed E-state index contributed by atoms with van der Waals surface area (Å²) in [6.45, 7) is 1.64. The minimum atomic E-state index is -4.63. The number of nitrogens with zero attached hydrogens (tertiary/aromatic N) is 2. The molecule has 1 amide bonds. The molecule has 1 heterocycles. The molecule has 0 aliphatic heterocycles. The number of amides is 1. The summed E-state index contributed by atoms with van der Waals surface area (Å²) < 4.78 is 38.7. The molecule has 8 heteroatoms. The Morgan fingerprint density at radius 3 is 2.57 bits per heavy atom. The Labute approximate surface area is 123 Å². The van der Waals surface area contributed by atoms with E-state index in [1.807, 2.05) is 0 Å². The molecule has 2 aromatic rings. The van der Waals surface area contributed by atoms with E-state index in [4.69, 9.17) is 11.6 Å². The lowest BCUT2D eigenvalue weighted by atomic mass is 10.1. The van der Waals surface area contributed by atoms with Gasteiger partial charge in [-0.05, 0) is 31.2 Å². The van der Waals surface area contributed by atoms with Crippen molar-refractivity contribution < 1.29 is 18.0 Å². The largest absolute Gasteiger partial charge is 0.418 e. The minimum absolute atomic E-state index is 0.0226. The summed E-state index contributed by atoms with van der Waals surface area (Å²) in [5.41, 5.74) is -0.893. The van der Waals surface area contributed by atoms with Gasteiger partial charge in [-0.25, -0.2) is 9.97 Å². The number of hydrogen-bond acceptors (Lipinski definition) is 3. The van der Waals surface area contributed by atoms with E-state index in [2.05, 4.69) is 15.3 Å². The number of anilines is 1. The second-order valence-corrected chi connectivity index (χ2v) is 4.62. The molecule has 110 valence electrons. The van der Waals surface area contributed by atoms with Crippen molar-refractivity contribution in [1.29, 1.82) is 0 Å². The van der Waals surface area contributed by atoms with E-state index in [-0.39, 0.29) is 16.4 Å². The monoisotopic (exact) mass is 315 g/mol. The number of aromatic nitrogens is 2. The number of rotatable bonds is 2. The van der Waals surface area contributed by atoms with E-state index in [9.17, 15) is 18.0 Å². The van der Waals surface area contributed by atoms with Gasteiger partial charge in [-0.2, -0.15) is 13.2 Å². The number of aryl methyl sites for hydroxylation is 1. The summed E-state index contributed by atoms with van der Waals surface area (Å²) in [7, 11) is 0. The van der Waals surface area contributed by atoms with Crippen LogP contribution in [-0.4, -0.2) is 15.9 Å².